The second kappa shape index (κ2) is 15.1. The maximum absolute atomic E-state index is 4.98. The smallest absolute Gasteiger partial charge is 0.194 e. The molecule has 7 heteroatoms. The van der Waals surface area contributed by atoms with Crippen molar-refractivity contribution < 1.29 is 0 Å². The minimum Gasteiger partial charge on any atom is -0.357 e. The molecule has 0 saturated carbocycles. The summed E-state index contributed by atoms with van der Waals surface area (Å²) in [4.78, 5) is 15.1. The Bertz CT molecular complexity index is 647. The zero-order valence-corrected chi connectivity index (χ0v) is 22.8. The number of halogens is 1. The monoisotopic (exact) mass is 556 g/mol. The summed E-state index contributed by atoms with van der Waals surface area (Å²) >= 11 is 0. The highest BCUT2D eigenvalue weighted by atomic mass is 127. The molecule has 1 aromatic rings. The first-order chi connectivity index (χ1) is 15.2. The van der Waals surface area contributed by atoms with Gasteiger partial charge in [-0.25, -0.2) is 0 Å². The van der Waals surface area contributed by atoms with Gasteiger partial charge < -0.3 is 20.0 Å². The van der Waals surface area contributed by atoms with E-state index in [1.165, 1.54) is 44.7 Å². The van der Waals surface area contributed by atoms with Crippen LogP contribution in [-0.2, 0) is 0 Å². The van der Waals surface area contributed by atoms with Gasteiger partial charge in [0.15, 0.2) is 5.96 Å². The van der Waals surface area contributed by atoms with E-state index in [1.54, 1.807) is 0 Å². The Balaban J connectivity index is 0.00000363. The first-order valence-corrected chi connectivity index (χ1v) is 12.4. The third kappa shape index (κ3) is 8.47. The van der Waals surface area contributed by atoms with Crippen molar-refractivity contribution in [1.29, 1.82) is 0 Å². The fraction of sp³-hybridized carbons (Fsp3) is 0.720. The predicted molar refractivity (Wildman–Crippen MR) is 147 cm³/mol. The molecule has 1 atom stereocenters. The summed E-state index contributed by atoms with van der Waals surface area (Å²) in [5.41, 5.74) is 1.44. The molecule has 2 fully saturated rings. The molecule has 32 heavy (non-hydrogen) atoms. The SMILES string of the molecule is CCNC(=NCCCN1CCCN(C)CC1)N1CCN(C(CC)c2ccccc2)CC1.I. The van der Waals surface area contributed by atoms with E-state index in [2.05, 4.69) is 76.1 Å². The van der Waals surface area contributed by atoms with Gasteiger partial charge in [-0.05, 0) is 58.4 Å². The average molecular weight is 557 g/mol. The summed E-state index contributed by atoms with van der Waals surface area (Å²) < 4.78 is 0. The van der Waals surface area contributed by atoms with E-state index in [4.69, 9.17) is 4.99 Å². The van der Waals surface area contributed by atoms with Crippen molar-refractivity contribution in [3.8, 4) is 0 Å². The Labute approximate surface area is 213 Å². The maximum atomic E-state index is 4.98. The molecule has 1 aromatic carbocycles. The summed E-state index contributed by atoms with van der Waals surface area (Å²) in [5.74, 6) is 1.10. The molecule has 1 N–H and O–H groups in total. The first kappa shape index (κ1) is 27.3. The highest BCUT2D eigenvalue weighted by Crippen LogP contribution is 2.25. The molecule has 6 nitrogen and oxygen atoms in total. The number of nitrogens with zero attached hydrogens (tertiary/aromatic N) is 5. The van der Waals surface area contributed by atoms with Crippen LogP contribution in [0.15, 0.2) is 35.3 Å². The Kier molecular flexibility index (Phi) is 12.9. The number of benzene rings is 1. The molecular weight excluding hydrogens is 511 g/mol. The summed E-state index contributed by atoms with van der Waals surface area (Å²) in [6.45, 7) is 16.6. The van der Waals surface area contributed by atoms with Crippen LogP contribution in [0.2, 0.25) is 0 Å². The van der Waals surface area contributed by atoms with Gasteiger partial charge in [-0.1, -0.05) is 37.3 Å². The van der Waals surface area contributed by atoms with Gasteiger partial charge in [0.05, 0.1) is 0 Å². The molecule has 0 bridgehead atoms. The van der Waals surface area contributed by atoms with Crippen molar-refractivity contribution in [3.05, 3.63) is 35.9 Å². The second-order valence-corrected chi connectivity index (χ2v) is 8.95. The van der Waals surface area contributed by atoms with Gasteiger partial charge in [0.2, 0.25) is 0 Å². The van der Waals surface area contributed by atoms with E-state index in [9.17, 15) is 0 Å². The van der Waals surface area contributed by atoms with Gasteiger partial charge >= 0.3 is 0 Å². The Morgan fingerprint density at radius 1 is 0.969 bits per heavy atom. The van der Waals surface area contributed by atoms with Crippen LogP contribution in [0.25, 0.3) is 0 Å². The number of guanidine groups is 1. The molecule has 182 valence electrons. The van der Waals surface area contributed by atoms with E-state index in [1.807, 2.05) is 0 Å². The lowest BCUT2D eigenvalue weighted by molar-refractivity contribution is 0.127. The Hall–Kier alpha value is -0.900. The van der Waals surface area contributed by atoms with Crippen LogP contribution in [0.4, 0.5) is 0 Å². The van der Waals surface area contributed by atoms with Crippen molar-refractivity contribution in [1.82, 2.24) is 24.9 Å². The highest BCUT2D eigenvalue weighted by Gasteiger charge is 2.25. The van der Waals surface area contributed by atoms with Crippen LogP contribution in [0.1, 0.15) is 44.7 Å². The molecule has 2 aliphatic heterocycles. The number of rotatable bonds is 8. The number of nitrogens with one attached hydrogen (secondary N) is 1. The Morgan fingerprint density at radius 2 is 1.72 bits per heavy atom. The molecule has 0 aliphatic carbocycles. The molecular formula is C25H45IN6. The second-order valence-electron chi connectivity index (χ2n) is 8.95. The normalized spacial score (nSPS) is 20.5. The third-order valence-electron chi connectivity index (χ3n) is 6.67. The minimum atomic E-state index is 0. The van der Waals surface area contributed by atoms with E-state index in [0.717, 1.165) is 58.1 Å². The lowest BCUT2D eigenvalue weighted by Crippen LogP contribution is -2.53. The Morgan fingerprint density at radius 3 is 2.41 bits per heavy atom. The molecule has 0 aromatic heterocycles. The van der Waals surface area contributed by atoms with Crippen LogP contribution >= 0.6 is 24.0 Å². The van der Waals surface area contributed by atoms with Gasteiger partial charge in [0, 0.05) is 58.4 Å². The van der Waals surface area contributed by atoms with E-state index in [-0.39, 0.29) is 24.0 Å². The molecule has 2 aliphatic rings. The van der Waals surface area contributed by atoms with Crippen LogP contribution in [0, 0.1) is 0 Å². The van der Waals surface area contributed by atoms with Crippen LogP contribution in [-0.4, -0.2) is 105 Å². The largest absolute Gasteiger partial charge is 0.357 e. The maximum Gasteiger partial charge on any atom is 0.194 e. The van der Waals surface area contributed by atoms with Crippen LogP contribution < -0.4 is 5.32 Å². The first-order valence-electron chi connectivity index (χ1n) is 12.4. The molecule has 0 amide bonds. The third-order valence-corrected chi connectivity index (χ3v) is 6.67. The van der Waals surface area contributed by atoms with Gasteiger partial charge in [0.1, 0.15) is 0 Å². The van der Waals surface area contributed by atoms with E-state index >= 15 is 0 Å². The molecule has 0 radical (unpaired) electrons. The van der Waals surface area contributed by atoms with Crippen molar-refractivity contribution in [2.75, 3.05) is 79.0 Å². The molecule has 2 saturated heterocycles. The summed E-state index contributed by atoms with van der Waals surface area (Å²) in [6.07, 6.45) is 3.59. The molecule has 2 heterocycles. The number of piperazine rings is 1. The van der Waals surface area contributed by atoms with Crippen molar-refractivity contribution in [3.63, 3.8) is 0 Å². The predicted octanol–water partition coefficient (Wildman–Crippen LogP) is 3.37. The number of aliphatic imine (C=N–C) groups is 1. The van der Waals surface area contributed by atoms with Crippen LogP contribution in [0.3, 0.4) is 0 Å². The zero-order valence-electron chi connectivity index (χ0n) is 20.5. The lowest BCUT2D eigenvalue weighted by atomic mass is 10.0. The van der Waals surface area contributed by atoms with Gasteiger partial charge in [-0.15, -0.1) is 24.0 Å². The fourth-order valence-electron chi connectivity index (χ4n) is 4.85. The van der Waals surface area contributed by atoms with Crippen molar-refractivity contribution in [2.45, 2.75) is 39.2 Å². The average Bonchev–Trinajstić information content (AvgIpc) is 3.02. The van der Waals surface area contributed by atoms with Gasteiger partial charge in [0.25, 0.3) is 0 Å². The zero-order chi connectivity index (χ0) is 21.9. The standard InChI is InChI=1S/C25H44N6.HI/c1-4-24(23-11-7-6-8-12-23)30-19-21-31(22-20-30)25(26-5-2)27-13-9-15-29-16-10-14-28(3)17-18-29;/h6-8,11-12,24H,4-5,9-10,13-22H2,1-3H3,(H,26,27);1H. The van der Waals surface area contributed by atoms with Gasteiger partial charge in [-0.3, -0.25) is 9.89 Å². The summed E-state index contributed by atoms with van der Waals surface area (Å²) in [5, 5.41) is 3.53. The van der Waals surface area contributed by atoms with E-state index < -0.39 is 0 Å². The number of likely N-dealkylation sites (N-methyl/N-ethyl adjacent to an activating group) is 1. The molecule has 0 spiro atoms. The molecule has 1 unspecified atom stereocenters. The van der Waals surface area contributed by atoms with E-state index in [0.29, 0.717) is 6.04 Å². The quantitative estimate of drug-likeness (QED) is 0.230. The highest BCUT2D eigenvalue weighted by molar-refractivity contribution is 14.0. The van der Waals surface area contributed by atoms with Crippen molar-refractivity contribution >= 4 is 29.9 Å². The summed E-state index contributed by atoms with van der Waals surface area (Å²) in [6, 6.07) is 11.5. The van der Waals surface area contributed by atoms with Gasteiger partial charge in [-0.2, -0.15) is 0 Å². The van der Waals surface area contributed by atoms with Crippen molar-refractivity contribution in [2.24, 2.45) is 4.99 Å². The topological polar surface area (TPSA) is 37.4 Å². The van der Waals surface area contributed by atoms with Crippen LogP contribution in [0.5, 0.6) is 0 Å². The fourth-order valence-corrected chi connectivity index (χ4v) is 4.85. The minimum absolute atomic E-state index is 0. The summed E-state index contributed by atoms with van der Waals surface area (Å²) in [7, 11) is 2.23. The molecule has 3 rings (SSSR count). The number of hydrogen-bond acceptors (Lipinski definition) is 4. The lowest BCUT2D eigenvalue weighted by Gasteiger charge is -2.40. The number of hydrogen-bond donors (Lipinski definition) is 1.